The Bertz CT molecular complexity index is 5280. The average Bonchev–Trinajstić information content (AvgIpc) is 1.58. The van der Waals surface area contributed by atoms with Gasteiger partial charge in [-0.1, -0.05) is 182 Å². The van der Waals surface area contributed by atoms with Crippen molar-refractivity contribution in [2.24, 2.45) is 0 Å². The molecule has 0 saturated heterocycles. The Morgan fingerprint density at radius 3 is 0.922 bits per heavy atom. The molecule has 10 aromatic carbocycles. The summed E-state index contributed by atoms with van der Waals surface area (Å²) in [5.74, 6) is 0. The molecule has 0 amide bonds. The molecule has 0 aliphatic rings. The number of rotatable bonds is 11. The molecule has 0 aliphatic carbocycles. The zero-order chi connectivity index (χ0) is 60.1. The maximum atomic E-state index is 10.3. The Balaban J connectivity index is 1.01. The summed E-state index contributed by atoms with van der Waals surface area (Å²) >= 11 is 0. The predicted molar refractivity (Wildman–Crippen MR) is 366 cm³/mol. The fraction of sp³-hybridized carbons (Fsp3) is 0. The highest BCUT2D eigenvalue weighted by Crippen LogP contribution is 2.47. The minimum atomic E-state index is 0.443. The van der Waals surface area contributed by atoms with Crippen molar-refractivity contribution in [2.45, 2.75) is 0 Å². The minimum absolute atomic E-state index is 0.443. The molecular weight excluding hydrogens is 1100 g/mol. The second-order valence-corrected chi connectivity index (χ2v) is 22.3. The number of hydrogen-bond donors (Lipinski definition) is 0. The van der Waals surface area contributed by atoms with Crippen molar-refractivity contribution < 1.29 is 0 Å². The van der Waals surface area contributed by atoms with Crippen LogP contribution in [0, 0.1) is 17.9 Å². The molecule has 0 saturated carbocycles. The molecule has 8 heteroatoms. The van der Waals surface area contributed by atoms with E-state index in [4.69, 9.17) is 26.5 Å². The lowest BCUT2D eigenvalue weighted by Gasteiger charge is -2.20. The van der Waals surface area contributed by atoms with E-state index < -0.39 is 0 Å². The fourth-order valence-electron chi connectivity index (χ4n) is 13.1. The zero-order valence-electron chi connectivity index (χ0n) is 48.4. The van der Waals surface area contributed by atoms with Crippen LogP contribution in [0.3, 0.4) is 0 Å². The van der Waals surface area contributed by atoms with E-state index in [1.54, 1.807) is 6.07 Å². The monoisotopic (exact) mass is 1150 g/mol. The van der Waals surface area contributed by atoms with Gasteiger partial charge in [0.2, 0.25) is 0 Å². The topological polar surface area (TPSA) is 89.6 Å². The van der Waals surface area contributed by atoms with Gasteiger partial charge in [-0.25, -0.2) is 4.85 Å². The van der Waals surface area contributed by atoms with Crippen molar-refractivity contribution in [2.75, 3.05) is 0 Å². The van der Waals surface area contributed by atoms with Gasteiger partial charge in [-0.3, -0.25) is 19.9 Å². The minimum Gasteiger partial charge on any atom is -0.308 e. The van der Waals surface area contributed by atoms with Gasteiger partial charge >= 0.3 is 0 Å². The summed E-state index contributed by atoms with van der Waals surface area (Å²) in [5.41, 5.74) is 23.6. The first-order chi connectivity index (χ1) is 44.6. The lowest BCUT2D eigenvalue weighted by atomic mass is 9.96. The summed E-state index contributed by atoms with van der Waals surface area (Å²) < 4.78 is 4.70. The van der Waals surface area contributed by atoms with E-state index in [1.807, 2.05) is 97.6 Å². The average molecular weight is 1150 g/mol. The lowest BCUT2D eigenvalue weighted by molar-refractivity contribution is 1.10. The van der Waals surface area contributed by atoms with Crippen LogP contribution < -0.4 is 0 Å². The number of nitriles is 1. The van der Waals surface area contributed by atoms with Crippen LogP contribution in [0.2, 0.25) is 0 Å². The third-order valence-corrected chi connectivity index (χ3v) is 17.2. The van der Waals surface area contributed by atoms with Gasteiger partial charge in [0.15, 0.2) is 5.69 Å². The van der Waals surface area contributed by atoms with Crippen LogP contribution in [0.5, 0.6) is 0 Å². The maximum Gasteiger partial charge on any atom is 0.197 e. The summed E-state index contributed by atoms with van der Waals surface area (Å²) in [6, 6.07) is 99.0. The molecule has 0 radical (unpaired) electrons. The number of fused-ring (bicyclic) bond motifs is 6. The molecule has 8 nitrogen and oxygen atoms in total. The van der Waals surface area contributed by atoms with Gasteiger partial charge in [0, 0.05) is 90.8 Å². The van der Waals surface area contributed by atoms with E-state index >= 15 is 0 Å². The maximum absolute atomic E-state index is 10.3. The number of hydrogen-bond acceptors (Lipinski definition) is 5. The second kappa shape index (κ2) is 22.3. The summed E-state index contributed by atoms with van der Waals surface area (Å²) in [6.45, 7) is 9.01. The Morgan fingerprint density at radius 2 is 0.600 bits per heavy atom. The predicted octanol–water partition coefficient (Wildman–Crippen LogP) is 20.9. The normalized spacial score (nSPS) is 11.3. The molecule has 6 aromatic heterocycles. The number of benzene rings is 10. The zero-order valence-corrected chi connectivity index (χ0v) is 48.4. The van der Waals surface area contributed by atoms with Gasteiger partial charge in [-0.2, -0.15) is 5.26 Å². The van der Waals surface area contributed by atoms with Crippen LogP contribution in [-0.4, -0.2) is 29.1 Å². The number of pyridine rings is 4. The van der Waals surface area contributed by atoms with Crippen molar-refractivity contribution in [1.29, 1.82) is 5.26 Å². The van der Waals surface area contributed by atoms with Gasteiger partial charge < -0.3 is 9.13 Å². The summed E-state index contributed by atoms with van der Waals surface area (Å²) in [4.78, 5) is 24.3. The number of nitrogens with zero attached hydrogens (tertiary/aromatic N) is 8. The molecule has 0 N–H and O–H groups in total. The third kappa shape index (κ3) is 9.16. The molecule has 16 aromatic rings. The fourth-order valence-corrected chi connectivity index (χ4v) is 13.1. The highest BCUT2D eigenvalue weighted by Gasteiger charge is 2.26. The smallest absolute Gasteiger partial charge is 0.197 e. The van der Waals surface area contributed by atoms with Crippen molar-refractivity contribution in [1.82, 2.24) is 29.1 Å². The molecule has 6 heterocycles. The van der Waals surface area contributed by atoms with Gasteiger partial charge in [-0.15, -0.1) is 0 Å². The molecule has 16 rings (SSSR count). The first-order valence-corrected chi connectivity index (χ1v) is 29.8. The summed E-state index contributed by atoms with van der Waals surface area (Å²) in [6.07, 6.45) is 7.43. The first kappa shape index (κ1) is 52.9. The van der Waals surface area contributed by atoms with Crippen molar-refractivity contribution in [3.05, 3.63) is 321 Å². The van der Waals surface area contributed by atoms with Crippen LogP contribution in [0.25, 0.3) is 160 Å². The molecule has 418 valence electrons. The summed E-state index contributed by atoms with van der Waals surface area (Å²) in [5, 5.41) is 14.4. The quantitative estimate of drug-likeness (QED) is 0.120. The van der Waals surface area contributed by atoms with E-state index in [9.17, 15) is 5.26 Å². The van der Waals surface area contributed by atoms with E-state index in [-0.39, 0.29) is 0 Å². The van der Waals surface area contributed by atoms with Crippen LogP contribution in [0.15, 0.2) is 304 Å². The van der Waals surface area contributed by atoms with Gasteiger partial charge in [0.1, 0.15) is 0 Å². The molecule has 0 spiro atoms. The van der Waals surface area contributed by atoms with E-state index in [0.717, 1.165) is 150 Å². The Labute approximate surface area is 519 Å². The van der Waals surface area contributed by atoms with Gasteiger partial charge in [0.05, 0.1) is 74.4 Å². The molecular formula is C82H50N8. The third-order valence-electron chi connectivity index (χ3n) is 17.2. The molecule has 90 heavy (non-hydrogen) atoms. The lowest BCUT2D eigenvalue weighted by Crippen LogP contribution is -2.04. The van der Waals surface area contributed by atoms with Gasteiger partial charge in [0.25, 0.3) is 0 Å². The van der Waals surface area contributed by atoms with Crippen LogP contribution in [0.1, 0.15) is 5.56 Å². The van der Waals surface area contributed by atoms with Crippen LogP contribution in [-0.2, 0) is 0 Å². The summed E-state index contributed by atoms with van der Waals surface area (Å²) in [7, 11) is 0. The molecule has 0 bridgehead atoms. The Hall–Kier alpha value is -12.6. The SMILES string of the molecule is [C-]#[N+]c1cc(-n2c3ccc(-c4cccnc4-c4ccccc4)cc3c3cc(-c4cccnc4-c4ccccc4)ccc32)c(-n2c3ccc(-c4cccnc4-c4ccccc4)cc3c3cc(-c4cccnc4-c4ccccc4)ccc32)cc1-c1cccc(C#N)c1. The van der Waals surface area contributed by atoms with Crippen molar-refractivity contribution in [3.63, 3.8) is 0 Å². The number of aromatic nitrogens is 6. The largest absolute Gasteiger partial charge is 0.308 e. The van der Waals surface area contributed by atoms with E-state index in [2.05, 4.69) is 220 Å². The van der Waals surface area contributed by atoms with E-state index in [0.29, 0.717) is 16.8 Å². The van der Waals surface area contributed by atoms with Crippen LogP contribution in [0.4, 0.5) is 5.69 Å². The first-order valence-electron chi connectivity index (χ1n) is 29.8. The molecule has 0 aliphatic heterocycles. The standard InChI is InChI=1S/C82H50N8/c1-84-72-51-78(90-75-39-35-61(65-31-17-43-87-81(65)56-24-10-4-11-25-56)48-70(75)71-49-62(36-40-76(71)90)66-32-18-44-88-82(66)57-26-12-5-13-27-57)77(50-67(72)58-28-14-19-53(45-58)52-83)89-73-37-33-59(63-29-15-41-85-79(63)54-20-6-2-7-21-54)46-68(73)69-47-60(34-38-74(69)89)64-30-16-42-86-80(64)55-22-8-3-9-23-55/h2-51H. The van der Waals surface area contributed by atoms with Crippen molar-refractivity contribution >= 4 is 49.3 Å². The molecule has 0 fully saturated rings. The Kier molecular flexibility index (Phi) is 13.1. The highest BCUT2D eigenvalue weighted by molar-refractivity contribution is 6.15. The van der Waals surface area contributed by atoms with Crippen LogP contribution >= 0.6 is 0 Å². The molecule has 0 unspecified atom stereocenters. The highest BCUT2D eigenvalue weighted by atomic mass is 15.1. The van der Waals surface area contributed by atoms with Crippen molar-refractivity contribution in [3.8, 4) is 118 Å². The van der Waals surface area contributed by atoms with E-state index in [1.165, 1.54) is 0 Å². The second-order valence-electron chi connectivity index (χ2n) is 22.3. The Morgan fingerprint density at radius 1 is 0.289 bits per heavy atom. The van der Waals surface area contributed by atoms with Gasteiger partial charge in [-0.05, 0) is 130 Å². The molecule has 0 atom stereocenters.